The molecule has 0 saturated heterocycles. The molecule has 1 N–H and O–H groups in total. The zero-order chi connectivity index (χ0) is 16.7. The molecule has 2 aromatic rings. The van der Waals surface area contributed by atoms with Crippen LogP contribution in [-0.2, 0) is 11.3 Å². The van der Waals surface area contributed by atoms with E-state index in [0.717, 1.165) is 5.75 Å². The Morgan fingerprint density at radius 3 is 2.43 bits per heavy atom. The third-order valence-electron chi connectivity index (χ3n) is 3.23. The van der Waals surface area contributed by atoms with Gasteiger partial charge < -0.3 is 14.8 Å². The fourth-order valence-corrected chi connectivity index (χ4v) is 2.01. The molecule has 0 aromatic heterocycles. The lowest BCUT2D eigenvalue weighted by molar-refractivity contribution is -0.127. The zero-order valence-electron chi connectivity index (χ0n) is 13.2. The van der Waals surface area contributed by atoms with Gasteiger partial charge in [0.25, 0.3) is 5.91 Å². The van der Waals surface area contributed by atoms with Crippen LogP contribution in [0.4, 0.5) is 4.39 Å². The highest BCUT2D eigenvalue weighted by Gasteiger charge is 2.15. The molecule has 0 aliphatic rings. The summed E-state index contributed by atoms with van der Waals surface area (Å²) in [5, 5.41) is 2.66. The van der Waals surface area contributed by atoms with Gasteiger partial charge in [0.05, 0.1) is 6.61 Å². The molecular formula is C18H20FNO3. The normalized spacial score (nSPS) is 11.6. The maximum Gasteiger partial charge on any atom is 0.261 e. The van der Waals surface area contributed by atoms with Crippen molar-refractivity contribution in [3.8, 4) is 11.5 Å². The monoisotopic (exact) mass is 317 g/mol. The van der Waals surface area contributed by atoms with Crippen LogP contribution in [-0.4, -0.2) is 18.6 Å². The molecule has 0 aliphatic carbocycles. The van der Waals surface area contributed by atoms with E-state index in [1.165, 1.54) is 6.07 Å². The van der Waals surface area contributed by atoms with E-state index in [0.29, 0.717) is 17.9 Å². The number of amides is 1. The number of halogens is 1. The molecule has 0 heterocycles. The minimum atomic E-state index is -0.681. The molecule has 0 radical (unpaired) electrons. The maximum atomic E-state index is 13.5. The van der Waals surface area contributed by atoms with Gasteiger partial charge >= 0.3 is 0 Å². The third kappa shape index (κ3) is 4.98. The summed E-state index contributed by atoms with van der Waals surface area (Å²) >= 11 is 0. The molecule has 0 spiro atoms. The second kappa shape index (κ2) is 8.17. The third-order valence-corrected chi connectivity index (χ3v) is 3.23. The van der Waals surface area contributed by atoms with Gasteiger partial charge in [0, 0.05) is 12.1 Å². The van der Waals surface area contributed by atoms with Crippen molar-refractivity contribution in [2.75, 3.05) is 6.61 Å². The molecule has 2 rings (SSSR count). The molecule has 0 saturated carbocycles. The van der Waals surface area contributed by atoms with Crippen LogP contribution < -0.4 is 14.8 Å². The second-order valence-corrected chi connectivity index (χ2v) is 4.97. The van der Waals surface area contributed by atoms with Gasteiger partial charge in [-0.25, -0.2) is 4.39 Å². The summed E-state index contributed by atoms with van der Waals surface area (Å²) in [7, 11) is 0. The Kier molecular flexibility index (Phi) is 5.97. The van der Waals surface area contributed by atoms with E-state index in [1.807, 2.05) is 6.92 Å². The number of carbonyl (C=O) groups is 1. The lowest BCUT2D eigenvalue weighted by atomic mass is 10.2. The number of hydrogen-bond donors (Lipinski definition) is 1. The van der Waals surface area contributed by atoms with E-state index in [4.69, 9.17) is 9.47 Å². The Morgan fingerprint density at radius 1 is 1.13 bits per heavy atom. The Hall–Kier alpha value is -2.56. The lowest BCUT2D eigenvalue weighted by Gasteiger charge is -2.15. The number of nitrogens with one attached hydrogen (secondary N) is 1. The van der Waals surface area contributed by atoms with Gasteiger partial charge in [0.15, 0.2) is 6.10 Å². The van der Waals surface area contributed by atoms with Gasteiger partial charge in [-0.2, -0.15) is 0 Å². The molecule has 0 fully saturated rings. The van der Waals surface area contributed by atoms with Crippen molar-refractivity contribution in [2.24, 2.45) is 0 Å². The van der Waals surface area contributed by atoms with Crippen LogP contribution in [0, 0.1) is 5.82 Å². The van der Waals surface area contributed by atoms with Crippen molar-refractivity contribution in [1.29, 1.82) is 0 Å². The molecule has 122 valence electrons. The summed E-state index contributed by atoms with van der Waals surface area (Å²) in [5.74, 6) is 0.675. The van der Waals surface area contributed by atoms with Crippen LogP contribution in [0.15, 0.2) is 48.5 Å². The number of carbonyl (C=O) groups excluding carboxylic acids is 1. The molecule has 1 unspecified atom stereocenters. The van der Waals surface area contributed by atoms with Crippen molar-refractivity contribution in [3.63, 3.8) is 0 Å². The number of rotatable bonds is 7. The smallest absolute Gasteiger partial charge is 0.261 e. The fourth-order valence-electron chi connectivity index (χ4n) is 2.01. The first-order chi connectivity index (χ1) is 11.1. The van der Waals surface area contributed by atoms with E-state index in [-0.39, 0.29) is 18.3 Å². The molecule has 1 amide bonds. The highest BCUT2D eigenvalue weighted by Crippen LogP contribution is 2.18. The van der Waals surface area contributed by atoms with Crippen molar-refractivity contribution < 1.29 is 18.7 Å². The Labute approximate surface area is 135 Å². The van der Waals surface area contributed by atoms with E-state index < -0.39 is 6.10 Å². The minimum absolute atomic E-state index is 0.127. The van der Waals surface area contributed by atoms with E-state index in [2.05, 4.69) is 5.32 Å². The molecule has 5 heteroatoms. The SMILES string of the molecule is CCOc1ccc(OC(C)C(=O)NCc2ccccc2F)cc1. The summed E-state index contributed by atoms with van der Waals surface area (Å²) in [6.45, 7) is 4.27. The van der Waals surface area contributed by atoms with Crippen molar-refractivity contribution >= 4 is 5.91 Å². The molecule has 23 heavy (non-hydrogen) atoms. The minimum Gasteiger partial charge on any atom is -0.494 e. The first-order valence-electron chi connectivity index (χ1n) is 7.50. The second-order valence-electron chi connectivity index (χ2n) is 4.97. The van der Waals surface area contributed by atoms with Crippen LogP contribution in [0.25, 0.3) is 0 Å². The standard InChI is InChI=1S/C18H20FNO3/c1-3-22-15-8-10-16(11-9-15)23-13(2)18(21)20-12-14-6-4-5-7-17(14)19/h4-11,13H,3,12H2,1-2H3,(H,20,21). The summed E-state index contributed by atoms with van der Waals surface area (Å²) in [4.78, 5) is 12.0. The number of benzene rings is 2. The van der Waals surface area contributed by atoms with Crippen molar-refractivity contribution in [3.05, 3.63) is 59.9 Å². The van der Waals surface area contributed by atoms with Crippen LogP contribution >= 0.6 is 0 Å². The van der Waals surface area contributed by atoms with Gasteiger partial charge in [0.2, 0.25) is 0 Å². The van der Waals surface area contributed by atoms with E-state index in [1.54, 1.807) is 49.4 Å². The highest BCUT2D eigenvalue weighted by atomic mass is 19.1. The summed E-state index contributed by atoms with van der Waals surface area (Å²) < 4.78 is 24.4. The van der Waals surface area contributed by atoms with E-state index in [9.17, 15) is 9.18 Å². The Balaban J connectivity index is 1.86. The molecule has 1 atom stereocenters. The predicted octanol–water partition coefficient (Wildman–Crippen LogP) is 3.31. The maximum absolute atomic E-state index is 13.5. The molecule has 0 aliphatic heterocycles. The summed E-state index contributed by atoms with van der Waals surface area (Å²) in [5.41, 5.74) is 0.439. The quantitative estimate of drug-likeness (QED) is 0.852. The molecule has 0 bridgehead atoms. The summed E-state index contributed by atoms with van der Waals surface area (Å²) in [6.07, 6.45) is -0.681. The van der Waals surface area contributed by atoms with Crippen LogP contribution in [0.2, 0.25) is 0 Å². The summed E-state index contributed by atoms with van der Waals surface area (Å²) in [6, 6.07) is 13.4. The fraction of sp³-hybridized carbons (Fsp3) is 0.278. The van der Waals surface area contributed by atoms with Crippen molar-refractivity contribution in [2.45, 2.75) is 26.5 Å². The largest absolute Gasteiger partial charge is 0.494 e. The Bertz CT molecular complexity index is 643. The molecule has 4 nitrogen and oxygen atoms in total. The average molecular weight is 317 g/mol. The predicted molar refractivity (Wildman–Crippen MR) is 85.9 cm³/mol. The van der Waals surface area contributed by atoms with E-state index >= 15 is 0 Å². The van der Waals surface area contributed by atoms with Gasteiger partial charge in [0.1, 0.15) is 17.3 Å². The zero-order valence-corrected chi connectivity index (χ0v) is 13.2. The van der Waals surface area contributed by atoms with Crippen LogP contribution in [0.1, 0.15) is 19.4 Å². The van der Waals surface area contributed by atoms with Gasteiger partial charge in [-0.15, -0.1) is 0 Å². The Morgan fingerprint density at radius 2 is 1.78 bits per heavy atom. The lowest BCUT2D eigenvalue weighted by Crippen LogP contribution is -2.36. The van der Waals surface area contributed by atoms with Gasteiger partial charge in [-0.3, -0.25) is 4.79 Å². The topological polar surface area (TPSA) is 47.6 Å². The first-order valence-corrected chi connectivity index (χ1v) is 7.50. The molecular weight excluding hydrogens is 297 g/mol. The van der Waals surface area contributed by atoms with Crippen LogP contribution in [0.5, 0.6) is 11.5 Å². The highest BCUT2D eigenvalue weighted by molar-refractivity contribution is 5.80. The number of ether oxygens (including phenoxy) is 2. The first kappa shape index (κ1) is 16.8. The molecule has 2 aromatic carbocycles. The van der Waals surface area contributed by atoms with Crippen LogP contribution in [0.3, 0.4) is 0 Å². The average Bonchev–Trinajstić information content (AvgIpc) is 2.56. The van der Waals surface area contributed by atoms with Gasteiger partial charge in [-0.1, -0.05) is 18.2 Å². The number of hydrogen-bond acceptors (Lipinski definition) is 3. The van der Waals surface area contributed by atoms with Gasteiger partial charge in [-0.05, 0) is 44.2 Å². The van der Waals surface area contributed by atoms with Crippen molar-refractivity contribution in [1.82, 2.24) is 5.32 Å².